The molecule has 2 rings (SSSR count). The lowest BCUT2D eigenvalue weighted by atomic mass is 10.1. The van der Waals surface area contributed by atoms with E-state index >= 15 is 0 Å². The molecule has 0 aliphatic carbocycles. The fourth-order valence-electron chi connectivity index (χ4n) is 2.71. The molecule has 5 heteroatoms. The Morgan fingerprint density at radius 1 is 1.10 bits per heavy atom. The summed E-state index contributed by atoms with van der Waals surface area (Å²) in [6.45, 7) is 5.58. The van der Waals surface area contributed by atoms with Crippen LogP contribution in [0.1, 0.15) is 12.0 Å². The Bertz CT molecular complexity index is 457. The van der Waals surface area contributed by atoms with Gasteiger partial charge in [-0.2, -0.15) is 0 Å². The second-order valence-electron chi connectivity index (χ2n) is 5.58. The average molecular weight is 294 g/mol. The van der Waals surface area contributed by atoms with E-state index in [0.29, 0.717) is 11.5 Å². The number of likely N-dealkylation sites (N-methyl/N-ethyl adjacent to an activating group) is 1. The Kier molecular flexibility index (Phi) is 5.70. The fraction of sp³-hybridized carbons (Fsp3) is 0.625. The Morgan fingerprint density at radius 3 is 2.43 bits per heavy atom. The summed E-state index contributed by atoms with van der Waals surface area (Å²) in [6.07, 6.45) is 1.82. The topological polar surface area (TPSA) is 45.2 Å². The Labute approximate surface area is 127 Å². The number of phenols is 1. The molecule has 21 heavy (non-hydrogen) atoms. The largest absolute Gasteiger partial charge is 0.507 e. The van der Waals surface area contributed by atoms with Crippen molar-refractivity contribution in [3.8, 4) is 17.2 Å². The van der Waals surface area contributed by atoms with Gasteiger partial charge in [-0.05, 0) is 26.4 Å². The summed E-state index contributed by atoms with van der Waals surface area (Å²) in [5.74, 6) is 1.57. The lowest BCUT2D eigenvalue weighted by molar-refractivity contribution is 0.153. The van der Waals surface area contributed by atoms with Crippen LogP contribution in [0.15, 0.2) is 12.1 Å². The van der Waals surface area contributed by atoms with Gasteiger partial charge < -0.3 is 24.4 Å². The van der Waals surface area contributed by atoms with Crippen molar-refractivity contribution >= 4 is 0 Å². The van der Waals surface area contributed by atoms with E-state index in [1.807, 2.05) is 6.07 Å². The third kappa shape index (κ3) is 4.25. The summed E-state index contributed by atoms with van der Waals surface area (Å²) >= 11 is 0. The van der Waals surface area contributed by atoms with E-state index in [0.717, 1.165) is 51.1 Å². The molecule has 0 bridgehead atoms. The molecule has 1 aliphatic rings. The maximum absolute atomic E-state index is 10.1. The summed E-state index contributed by atoms with van der Waals surface area (Å²) in [4.78, 5) is 4.84. The van der Waals surface area contributed by atoms with Gasteiger partial charge in [0.1, 0.15) is 17.2 Å². The van der Waals surface area contributed by atoms with Gasteiger partial charge >= 0.3 is 0 Å². The maximum Gasteiger partial charge on any atom is 0.129 e. The lowest BCUT2D eigenvalue weighted by Crippen LogP contribution is -2.44. The monoisotopic (exact) mass is 294 g/mol. The van der Waals surface area contributed by atoms with Crippen molar-refractivity contribution in [2.75, 3.05) is 54.0 Å². The predicted octanol–water partition coefficient (Wildman–Crippen LogP) is 1.59. The third-order valence-corrected chi connectivity index (χ3v) is 4.11. The first-order valence-electron chi connectivity index (χ1n) is 7.48. The van der Waals surface area contributed by atoms with Crippen LogP contribution < -0.4 is 9.47 Å². The highest BCUT2D eigenvalue weighted by atomic mass is 16.5. The van der Waals surface area contributed by atoms with Gasteiger partial charge in [-0.15, -0.1) is 0 Å². The van der Waals surface area contributed by atoms with Gasteiger partial charge in [0.05, 0.1) is 14.2 Å². The SMILES string of the molecule is COc1cc(O)c(CCCN2CCN(C)CC2)c(OC)c1. The molecule has 1 fully saturated rings. The zero-order valence-electron chi connectivity index (χ0n) is 13.3. The van der Waals surface area contributed by atoms with Crippen molar-refractivity contribution < 1.29 is 14.6 Å². The Hall–Kier alpha value is -1.46. The highest BCUT2D eigenvalue weighted by molar-refractivity contribution is 5.50. The number of benzene rings is 1. The quantitative estimate of drug-likeness (QED) is 0.863. The van der Waals surface area contributed by atoms with Crippen LogP contribution in [0.25, 0.3) is 0 Å². The number of piperazine rings is 1. The standard InChI is InChI=1S/C16H26N2O3/c1-17-7-9-18(10-8-17)6-4-5-14-15(19)11-13(20-2)12-16(14)21-3/h11-12,19H,4-10H2,1-3H3. The number of hydrogen-bond acceptors (Lipinski definition) is 5. The van der Waals surface area contributed by atoms with E-state index in [-0.39, 0.29) is 5.75 Å². The van der Waals surface area contributed by atoms with Crippen molar-refractivity contribution in [3.63, 3.8) is 0 Å². The molecule has 1 heterocycles. The molecular weight excluding hydrogens is 268 g/mol. The van der Waals surface area contributed by atoms with Crippen molar-refractivity contribution in [2.24, 2.45) is 0 Å². The van der Waals surface area contributed by atoms with Crippen LogP contribution in [0.5, 0.6) is 17.2 Å². The molecule has 5 nitrogen and oxygen atoms in total. The molecule has 1 N–H and O–H groups in total. The van der Waals surface area contributed by atoms with Crippen LogP contribution >= 0.6 is 0 Å². The number of phenolic OH excluding ortho intramolecular Hbond substituents is 1. The van der Waals surface area contributed by atoms with Gasteiger partial charge in [-0.1, -0.05) is 0 Å². The van der Waals surface area contributed by atoms with Crippen LogP contribution in [0.2, 0.25) is 0 Å². The van der Waals surface area contributed by atoms with Gasteiger partial charge in [0, 0.05) is 43.9 Å². The minimum atomic E-state index is 0.254. The molecule has 0 spiro atoms. The summed E-state index contributed by atoms with van der Waals surface area (Å²) < 4.78 is 10.5. The third-order valence-electron chi connectivity index (χ3n) is 4.11. The Morgan fingerprint density at radius 2 is 1.81 bits per heavy atom. The normalized spacial score (nSPS) is 16.9. The first-order chi connectivity index (χ1) is 10.1. The molecule has 1 saturated heterocycles. The van der Waals surface area contributed by atoms with E-state index in [9.17, 15) is 5.11 Å². The molecule has 118 valence electrons. The van der Waals surface area contributed by atoms with Crippen LogP contribution in [-0.4, -0.2) is 68.9 Å². The summed E-state index contributed by atoms with van der Waals surface area (Å²) in [5, 5.41) is 10.1. The van der Waals surface area contributed by atoms with Gasteiger partial charge in [0.2, 0.25) is 0 Å². The van der Waals surface area contributed by atoms with Crippen LogP contribution in [-0.2, 0) is 6.42 Å². The van der Waals surface area contributed by atoms with Crippen LogP contribution in [0.4, 0.5) is 0 Å². The van der Waals surface area contributed by atoms with Crippen molar-refractivity contribution in [1.82, 2.24) is 9.80 Å². The first-order valence-corrected chi connectivity index (χ1v) is 7.48. The summed E-state index contributed by atoms with van der Waals surface area (Å²) in [7, 11) is 5.37. The highest BCUT2D eigenvalue weighted by Gasteiger charge is 2.15. The highest BCUT2D eigenvalue weighted by Crippen LogP contribution is 2.34. The predicted molar refractivity (Wildman–Crippen MR) is 83.5 cm³/mol. The molecule has 0 saturated carbocycles. The summed E-state index contributed by atoms with van der Waals surface area (Å²) in [6, 6.07) is 3.47. The number of ether oxygens (including phenoxy) is 2. The number of rotatable bonds is 6. The van der Waals surface area contributed by atoms with Crippen LogP contribution in [0, 0.1) is 0 Å². The minimum Gasteiger partial charge on any atom is -0.507 e. The second kappa shape index (κ2) is 7.52. The van der Waals surface area contributed by atoms with Crippen molar-refractivity contribution in [2.45, 2.75) is 12.8 Å². The second-order valence-corrected chi connectivity index (χ2v) is 5.58. The smallest absolute Gasteiger partial charge is 0.129 e. The van der Waals surface area contributed by atoms with E-state index < -0.39 is 0 Å². The number of nitrogens with zero attached hydrogens (tertiary/aromatic N) is 2. The number of hydrogen-bond donors (Lipinski definition) is 1. The average Bonchev–Trinajstić information content (AvgIpc) is 2.50. The molecule has 1 aromatic rings. The van der Waals surface area contributed by atoms with E-state index in [2.05, 4.69) is 16.8 Å². The van der Waals surface area contributed by atoms with E-state index in [1.165, 1.54) is 0 Å². The zero-order valence-corrected chi connectivity index (χ0v) is 13.3. The number of methoxy groups -OCH3 is 2. The van der Waals surface area contributed by atoms with Gasteiger partial charge in [0.25, 0.3) is 0 Å². The van der Waals surface area contributed by atoms with Gasteiger partial charge in [0.15, 0.2) is 0 Å². The zero-order chi connectivity index (χ0) is 15.2. The molecule has 0 aromatic heterocycles. The lowest BCUT2D eigenvalue weighted by Gasteiger charge is -2.32. The van der Waals surface area contributed by atoms with Crippen LogP contribution in [0.3, 0.4) is 0 Å². The summed E-state index contributed by atoms with van der Waals surface area (Å²) in [5.41, 5.74) is 0.868. The molecule has 1 aromatic carbocycles. The van der Waals surface area contributed by atoms with Crippen molar-refractivity contribution in [1.29, 1.82) is 0 Å². The molecule has 1 aliphatic heterocycles. The van der Waals surface area contributed by atoms with Gasteiger partial charge in [-0.3, -0.25) is 0 Å². The minimum absolute atomic E-state index is 0.254. The van der Waals surface area contributed by atoms with E-state index in [4.69, 9.17) is 9.47 Å². The van der Waals surface area contributed by atoms with Crippen molar-refractivity contribution in [3.05, 3.63) is 17.7 Å². The van der Waals surface area contributed by atoms with Gasteiger partial charge in [-0.25, -0.2) is 0 Å². The molecule has 0 unspecified atom stereocenters. The molecular formula is C16H26N2O3. The maximum atomic E-state index is 10.1. The molecule has 0 atom stereocenters. The number of aromatic hydroxyl groups is 1. The molecule has 0 radical (unpaired) electrons. The molecule has 0 amide bonds. The van der Waals surface area contributed by atoms with E-state index in [1.54, 1.807) is 20.3 Å². The first kappa shape index (κ1) is 15.9. The Balaban J connectivity index is 1.90. The fourth-order valence-corrected chi connectivity index (χ4v) is 2.71.